The van der Waals surface area contributed by atoms with Crippen LogP contribution in [0.15, 0.2) is 24.3 Å². The van der Waals surface area contributed by atoms with Crippen molar-refractivity contribution in [2.75, 3.05) is 6.61 Å². The summed E-state index contributed by atoms with van der Waals surface area (Å²) < 4.78 is 17.3. The maximum atomic E-state index is 11.9. The maximum Gasteiger partial charge on any atom is 0.494 e. The Hall–Kier alpha value is -1.33. The van der Waals surface area contributed by atoms with Crippen LogP contribution in [0.25, 0.3) is 0 Å². The van der Waals surface area contributed by atoms with Crippen LogP contribution >= 0.6 is 0 Å². The molecule has 1 aliphatic heterocycles. The van der Waals surface area contributed by atoms with Crippen molar-refractivity contribution in [3.8, 4) is 0 Å². The second-order valence-electron chi connectivity index (χ2n) is 7.59. The van der Waals surface area contributed by atoms with Crippen LogP contribution in [0.1, 0.15) is 47.1 Å². The molecule has 1 aliphatic rings. The van der Waals surface area contributed by atoms with Gasteiger partial charge in [-0.3, -0.25) is 4.79 Å². The Bertz CT molecular complexity index is 550. The van der Waals surface area contributed by atoms with Crippen molar-refractivity contribution in [2.45, 2.75) is 59.2 Å². The van der Waals surface area contributed by atoms with Crippen LogP contribution in [-0.2, 0) is 25.3 Å². The minimum Gasteiger partial charge on any atom is -0.465 e. The van der Waals surface area contributed by atoms with E-state index in [4.69, 9.17) is 14.0 Å². The number of ether oxygens (including phenoxy) is 1. The number of carbonyl (C=O) groups excluding carboxylic acids is 1. The van der Waals surface area contributed by atoms with Gasteiger partial charge in [0.1, 0.15) is 0 Å². The minimum absolute atomic E-state index is 0.204. The van der Waals surface area contributed by atoms with Crippen LogP contribution in [0.5, 0.6) is 0 Å². The van der Waals surface area contributed by atoms with Gasteiger partial charge in [-0.15, -0.1) is 0 Å². The highest BCUT2D eigenvalue weighted by Gasteiger charge is 2.51. The third-order valence-corrected chi connectivity index (χ3v) is 4.40. The average Bonchev–Trinajstić information content (AvgIpc) is 2.66. The zero-order valence-electron chi connectivity index (χ0n) is 15.0. The van der Waals surface area contributed by atoms with E-state index in [9.17, 15) is 4.79 Å². The third-order valence-electron chi connectivity index (χ3n) is 4.40. The van der Waals surface area contributed by atoms with Crippen LogP contribution in [0, 0.1) is 5.92 Å². The fraction of sp³-hybridized carbons (Fsp3) is 0.611. The van der Waals surface area contributed by atoms with Gasteiger partial charge in [0.25, 0.3) is 0 Å². The number of benzene rings is 1. The van der Waals surface area contributed by atoms with Crippen molar-refractivity contribution < 1.29 is 18.8 Å². The van der Waals surface area contributed by atoms with E-state index in [1.807, 2.05) is 65.8 Å². The van der Waals surface area contributed by atoms with Gasteiger partial charge in [-0.25, -0.2) is 0 Å². The fourth-order valence-corrected chi connectivity index (χ4v) is 2.31. The molecule has 1 fully saturated rings. The molecular formula is C18H27BO4. The van der Waals surface area contributed by atoms with Crippen molar-refractivity contribution in [3.05, 3.63) is 29.8 Å². The first-order chi connectivity index (χ1) is 10.6. The second kappa shape index (κ2) is 6.66. The number of hydrogen-bond donors (Lipinski definition) is 0. The molecule has 1 saturated heterocycles. The Balaban J connectivity index is 2.05. The quantitative estimate of drug-likeness (QED) is 0.618. The molecule has 0 radical (unpaired) electrons. The monoisotopic (exact) mass is 318 g/mol. The number of carbonyl (C=O) groups is 1. The molecule has 0 amide bonds. The molecule has 0 bridgehead atoms. The normalized spacial score (nSPS) is 19.2. The Morgan fingerprint density at radius 3 is 2.35 bits per heavy atom. The van der Waals surface area contributed by atoms with Gasteiger partial charge in [0.15, 0.2) is 0 Å². The van der Waals surface area contributed by atoms with Crippen molar-refractivity contribution in [3.63, 3.8) is 0 Å². The van der Waals surface area contributed by atoms with Gasteiger partial charge in [0.2, 0.25) is 0 Å². The van der Waals surface area contributed by atoms with E-state index in [1.54, 1.807) is 0 Å². The molecule has 4 nitrogen and oxygen atoms in total. The van der Waals surface area contributed by atoms with Gasteiger partial charge in [0.05, 0.1) is 24.2 Å². The first-order valence-electron chi connectivity index (χ1n) is 8.21. The highest BCUT2D eigenvalue weighted by Crippen LogP contribution is 2.36. The van der Waals surface area contributed by atoms with E-state index in [0.717, 1.165) is 11.0 Å². The summed E-state index contributed by atoms with van der Waals surface area (Å²) in [4.78, 5) is 11.9. The molecule has 23 heavy (non-hydrogen) atoms. The summed E-state index contributed by atoms with van der Waals surface area (Å²) in [5, 5.41) is 0. The molecule has 5 heteroatoms. The minimum atomic E-state index is -0.411. The van der Waals surface area contributed by atoms with E-state index in [2.05, 4.69) is 0 Å². The lowest BCUT2D eigenvalue weighted by atomic mass is 9.78. The summed E-state index contributed by atoms with van der Waals surface area (Å²) in [7, 11) is -0.411. The summed E-state index contributed by atoms with van der Waals surface area (Å²) in [5.41, 5.74) is 1.09. The van der Waals surface area contributed by atoms with Gasteiger partial charge in [-0.1, -0.05) is 38.1 Å². The van der Waals surface area contributed by atoms with Crippen LogP contribution in [0.4, 0.5) is 0 Å². The van der Waals surface area contributed by atoms with E-state index in [-0.39, 0.29) is 23.6 Å². The summed E-state index contributed by atoms with van der Waals surface area (Å²) >= 11 is 0. The van der Waals surface area contributed by atoms with Crippen LogP contribution < -0.4 is 5.46 Å². The van der Waals surface area contributed by atoms with Crippen molar-refractivity contribution in [1.82, 2.24) is 0 Å². The molecule has 0 aromatic heterocycles. The Morgan fingerprint density at radius 1 is 1.17 bits per heavy atom. The molecule has 126 valence electrons. The second-order valence-corrected chi connectivity index (χ2v) is 7.59. The average molecular weight is 318 g/mol. The Morgan fingerprint density at radius 2 is 1.78 bits per heavy atom. The van der Waals surface area contributed by atoms with E-state index >= 15 is 0 Å². The van der Waals surface area contributed by atoms with E-state index in [1.165, 1.54) is 0 Å². The maximum absolute atomic E-state index is 11.9. The van der Waals surface area contributed by atoms with Crippen molar-refractivity contribution in [1.29, 1.82) is 0 Å². The molecule has 1 aromatic rings. The molecule has 0 aliphatic carbocycles. The van der Waals surface area contributed by atoms with Crippen molar-refractivity contribution in [2.24, 2.45) is 5.92 Å². The van der Waals surface area contributed by atoms with E-state index < -0.39 is 7.12 Å². The predicted molar refractivity (Wildman–Crippen MR) is 91.7 cm³/mol. The van der Waals surface area contributed by atoms with Gasteiger partial charge in [-0.05, 0) is 44.6 Å². The molecule has 0 unspecified atom stereocenters. The first kappa shape index (κ1) is 18.0. The van der Waals surface area contributed by atoms with Gasteiger partial charge in [-0.2, -0.15) is 0 Å². The number of hydrogen-bond acceptors (Lipinski definition) is 4. The number of rotatable bonds is 5. The SMILES string of the molecule is CC(C)COC(=O)Cc1cccc(B2OC(C)(C)C(C)(C)O2)c1. The van der Waals surface area contributed by atoms with Gasteiger partial charge in [0, 0.05) is 0 Å². The van der Waals surface area contributed by atoms with Crippen LogP contribution in [-0.4, -0.2) is 30.9 Å². The van der Waals surface area contributed by atoms with Gasteiger partial charge >= 0.3 is 13.1 Å². The lowest BCUT2D eigenvalue weighted by molar-refractivity contribution is -0.143. The fourth-order valence-electron chi connectivity index (χ4n) is 2.31. The predicted octanol–water partition coefficient (Wildman–Crippen LogP) is 2.73. The van der Waals surface area contributed by atoms with Crippen molar-refractivity contribution >= 4 is 18.6 Å². The number of esters is 1. The molecule has 1 heterocycles. The largest absolute Gasteiger partial charge is 0.494 e. The zero-order valence-corrected chi connectivity index (χ0v) is 15.0. The molecule has 1 aromatic carbocycles. The Labute approximate surface area is 139 Å². The topological polar surface area (TPSA) is 44.8 Å². The molecular weight excluding hydrogens is 291 g/mol. The lowest BCUT2D eigenvalue weighted by Crippen LogP contribution is -2.41. The summed E-state index contributed by atoms with van der Waals surface area (Å²) in [6.07, 6.45) is 0.264. The Kier molecular flexibility index (Phi) is 5.22. The van der Waals surface area contributed by atoms with E-state index in [0.29, 0.717) is 12.5 Å². The van der Waals surface area contributed by atoms with Gasteiger partial charge < -0.3 is 14.0 Å². The molecule has 2 rings (SSSR count). The summed E-state index contributed by atoms with van der Waals surface area (Å²) in [5.74, 6) is 0.139. The highest BCUT2D eigenvalue weighted by molar-refractivity contribution is 6.62. The zero-order chi connectivity index (χ0) is 17.3. The molecule has 0 atom stereocenters. The third kappa shape index (κ3) is 4.36. The highest BCUT2D eigenvalue weighted by atomic mass is 16.7. The summed E-state index contributed by atoms with van der Waals surface area (Å²) in [6.45, 7) is 12.6. The van der Waals surface area contributed by atoms with Crippen LogP contribution in [0.2, 0.25) is 0 Å². The molecule has 0 spiro atoms. The lowest BCUT2D eigenvalue weighted by Gasteiger charge is -2.32. The summed E-state index contributed by atoms with van der Waals surface area (Å²) in [6, 6.07) is 7.76. The smallest absolute Gasteiger partial charge is 0.465 e. The standard InChI is InChI=1S/C18H27BO4/c1-13(2)12-21-16(20)11-14-8-7-9-15(10-14)19-22-17(3,4)18(5,6)23-19/h7-10,13H,11-12H2,1-6H3. The molecule has 0 saturated carbocycles. The van der Waals surface area contributed by atoms with Crippen LogP contribution in [0.3, 0.4) is 0 Å². The molecule has 0 N–H and O–H groups in total. The first-order valence-corrected chi connectivity index (χ1v) is 8.21.